The number of thiophene rings is 1. The molecule has 3 nitrogen and oxygen atoms in total. The second-order valence-electron chi connectivity index (χ2n) is 4.59. The second kappa shape index (κ2) is 5.31. The molecule has 20 heavy (non-hydrogen) atoms. The van der Waals surface area contributed by atoms with Crippen molar-refractivity contribution in [2.75, 3.05) is 11.4 Å². The van der Waals surface area contributed by atoms with Gasteiger partial charge in [0.25, 0.3) is 5.91 Å². The van der Waals surface area contributed by atoms with E-state index in [2.05, 4.69) is 13.0 Å². The number of hydrogen-bond donors (Lipinski definition) is 0. The molecule has 0 fully saturated rings. The fourth-order valence-electron chi connectivity index (χ4n) is 2.27. The molecule has 1 aromatic carbocycles. The monoisotopic (exact) mass is 300 g/mol. The molecule has 1 aromatic heterocycles. The molecule has 1 aliphatic heterocycles. The van der Waals surface area contributed by atoms with Gasteiger partial charge in [-0.25, -0.2) is 0 Å². The molecule has 5 heteroatoms. The van der Waals surface area contributed by atoms with E-state index >= 15 is 0 Å². The number of hydrogen-bond acceptors (Lipinski definition) is 4. The number of carbonyl (C=O) groups excluding carboxylic acids is 1. The summed E-state index contributed by atoms with van der Waals surface area (Å²) in [6, 6.07) is 11.7. The molecule has 0 spiro atoms. The number of nitriles is 1. The Hall–Kier alpha value is -1.77. The average Bonchev–Trinajstić information content (AvgIpc) is 2.94. The van der Waals surface area contributed by atoms with Gasteiger partial charge in [-0.1, -0.05) is 19.1 Å². The van der Waals surface area contributed by atoms with Crippen LogP contribution in [0.3, 0.4) is 0 Å². The first-order chi connectivity index (χ1) is 9.70. The van der Waals surface area contributed by atoms with E-state index < -0.39 is 0 Å². The lowest BCUT2D eigenvalue weighted by Crippen LogP contribution is -2.38. The van der Waals surface area contributed by atoms with Crippen LogP contribution in [0.25, 0.3) is 0 Å². The number of rotatable bonds is 1. The van der Waals surface area contributed by atoms with Crippen LogP contribution in [0.15, 0.2) is 40.6 Å². The van der Waals surface area contributed by atoms with E-state index in [1.165, 1.54) is 11.3 Å². The molecule has 0 radical (unpaired) electrons. The van der Waals surface area contributed by atoms with Crippen molar-refractivity contribution in [3.8, 4) is 6.07 Å². The Bertz CT molecular complexity index is 702. The van der Waals surface area contributed by atoms with Crippen LogP contribution in [0.1, 0.15) is 22.2 Å². The van der Waals surface area contributed by atoms with E-state index in [1.807, 2.05) is 24.3 Å². The van der Waals surface area contributed by atoms with Crippen molar-refractivity contribution in [1.29, 1.82) is 5.26 Å². The van der Waals surface area contributed by atoms with Gasteiger partial charge in [0.15, 0.2) is 0 Å². The number of amides is 1. The van der Waals surface area contributed by atoms with Crippen LogP contribution in [0.4, 0.5) is 5.69 Å². The number of thioether (sulfide) groups is 1. The van der Waals surface area contributed by atoms with Crippen LogP contribution in [-0.4, -0.2) is 17.7 Å². The number of para-hydroxylation sites is 1. The Kier molecular flexibility index (Phi) is 3.51. The predicted octanol–water partition coefficient (Wildman–Crippen LogP) is 3.76. The van der Waals surface area contributed by atoms with Gasteiger partial charge in [0.1, 0.15) is 10.9 Å². The third-order valence-electron chi connectivity index (χ3n) is 3.15. The van der Waals surface area contributed by atoms with E-state index in [4.69, 9.17) is 5.26 Å². The number of nitrogens with zero attached hydrogens (tertiary/aromatic N) is 2. The minimum atomic E-state index is -0.0730. The molecule has 0 bridgehead atoms. The zero-order chi connectivity index (χ0) is 14.1. The SMILES string of the molecule is C[C@@H]1CN(C(=O)c2sccc2C#N)c2ccccc2S1. The molecule has 0 saturated heterocycles. The van der Waals surface area contributed by atoms with Crippen LogP contribution in [0.5, 0.6) is 0 Å². The summed E-state index contributed by atoms with van der Waals surface area (Å²) in [5.74, 6) is -0.0730. The summed E-state index contributed by atoms with van der Waals surface area (Å²) in [6.45, 7) is 2.78. The maximum Gasteiger partial charge on any atom is 0.269 e. The van der Waals surface area contributed by atoms with Crippen LogP contribution in [0, 0.1) is 11.3 Å². The van der Waals surface area contributed by atoms with Gasteiger partial charge >= 0.3 is 0 Å². The number of benzene rings is 1. The fourth-order valence-corrected chi connectivity index (χ4v) is 4.17. The smallest absolute Gasteiger partial charge is 0.269 e. The number of fused-ring (bicyclic) bond motifs is 1. The highest BCUT2D eigenvalue weighted by atomic mass is 32.2. The van der Waals surface area contributed by atoms with E-state index in [-0.39, 0.29) is 5.91 Å². The Morgan fingerprint density at radius 1 is 1.40 bits per heavy atom. The Morgan fingerprint density at radius 2 is 2.20 bits per heavy atom. The Morgan fingerprint density at radius 3 is 3.00 bits per heavy atom. The van der Waals surface area contributed by atoms with Crippen LogP contribution < -0.4 is 4.90 Å². The van der Waals surface area contributed by atoms with Crippen molar-refractivity contribution in [2.45, 2.75) is 17.1 Å². The zero-order valence-corrected chi connectivity index (χ0v) is 12.5. The van der Waals surface area contributed by atoms with Crippen molar-refractivity contribution in [1.82, 2.24) is 0 Å². The molecule has 1 aliphatic rings. The molecule has 1 atom stereocenters. The average molecular weight is 300 g/mol. The second-order valence-corrected chi connectivity index (χ2v) is 6.98. The van der Waals surface area contributed by atoms with Crippen molar-refractivity contribution < 1.29 is 4.79 Å². The largest absolute Gasteiger partial charge is 0.305 e. The summed E-state index contributed by atoms with van der Waals surface area (Å²) in [7, 11) is 0. The lowest BCUT2D eigenvalue weighted by atomic mass is 10.2. The highest BCUT2D eigenvalue weighted by Crippen LogP contribution is 2.39. The summed E-state index contributed by atoms with van der Waals surface area (Å²) in [6.07, 6.45) is 0. The predicted molar refractivity (Wildman–Crippen MR) is 82.5 cm³/mol. The van der Waals surface area contributed by atoms with Gasteiger partial charge in [-0.05, 0) is 23.6 Å². The molecule has 100 valence electrons. The molecule has 2 heterocycles. The lowest BCUT2D eigenvalue weighted by molar-refractivity contribution is 0.0990. The standard InChI is InChI=1S/C15H12N2OS2/c1-10-9-17(12-4-2-3-5-13(12)20-10)15(18)14-11(8-16)6-7-19-14/h2-7,10H,9H2,1H3/t10-/m1/s1. The quantitative estimate of drug-likeness (QED) is 0.805. The summed E-state index contributed by atoms with van der Waals surface area (Å²) in [5, 5.41) is 11.2. The van der Waals surface area contributed by atoms with E-state index in [0.29, 0.717) is 22.2 Å². The molecule has 0 saturated carbocycles. The van der Waals surface area contributed by atoms with E-state index in [0.717, 1.165) is 10.6 Å². The third-order valence-corrected chi connectivity index (χ3v) is 5.20. The minimum Gasteiger partial charge on any atom is -0.305 e. The molecule has 2 aromatic rings. The maximum atomic E-state index is 12.7. The van der Waals surface area contributed by atoms with Gasteiger partial charge in [0.05, 0.1) is 11.3 Å². The molecular weight excluding hydrogens is 288 g/mol. The number of anilines is 1. The molecular formula is C15H12N2OS2. The van der Waals surface area contributed by atoms with Crippen LogP contribution >= 0.6 is 23.1 Å². The molecule has 3 rings (SSSR count). The molecule has 1 amide bonds. The van der Waals surface area contributed by atoms with Crippen molar-refractivity contribution in [3.05, 3.63) is 46.2 Å². The zero-order valence-electron chi connectivity index (χ0n) is 10.9. The van der Waals surface area contributed by atoms with Crippen molar-refractivity contribution in [2.24, 2.45) is 0 Å². The maximum absolute atomic E-state index is 12.7. The molecule has 0 aliphatic carbocycles. The van der Waals surface area contributed by atoms with Gasteiger partial charge in [-0.15, -0.1) is 23.1 Å². The summed E-state index contributed by atoms with van der Waals surface area (Å²) in [5.41, 5.74) is 1.40. The summed E-state index contributed by atoms with van der Waals surface area (Å²) >= 11 is 3.12. The normalized spacial score (nSPS) is 17.4. The van der Waals surface area contributed by atoms with Crippen molar-refractivity contribution in [3.63, 3.8) is 0 Å². The number of carbonyl (C=O) groups is 1. The van der Waals surface area contributed by atoms with Gasteiger partial charge in [0, 0.05) is 16.7 Å². The molecule has 0 N–H and O–H groups in total. The highest BCUT2D eigenvalue weighted by Gasteiger charge is 2.29. The highest BCUT2D eigenvalue weighted by molar-refractivity contribution is 8.00. The minimum absolute atomic E-state index is 0.0730. The lowest BCUT2D eigenvalue weighted by Gasteiger charge is -2.32. The van der Waals surface area contributed by atoms with E-state index in [1.54, 1.807) is 28.1 Å². The van der Waals surface area contributed by atoms with Gasteiger partial charge in [-0.2, -0.15) is 5.26 Å². The Labute approximate surface area is 125 Å². The summed E-state index contributed by atoms with van der Waals surface area (Å²) < 4.78 is 0. The Balaban J connectivity index is 2.03. The summed E-state index contributed by atoms with van der Waals surface area (Å²) in [4.78, 5) is 16.2. The van der Waals surface area contributed by atoms with Crippen molar-refractivity contribution >= 4 is 34.7 Å². The third kappa shape index (κ3) is 2.21. The van der Waals surface area contributed by atoms with Gasteiger partial charge < -0.3 is 4.90 Å². The fraction of sp³-hybridized carbons (Fsp3) is 0.200. The van der Waals surface area contributed by atoms with E-state index in [9.17, 15) is 4.79 Å². The van der Waals surface area contributed by atoms with Crippen LogP contribution in [-0.2, 0) is 0 Å². The first-order valence-corrected chi connectivity index (χ1v) is 8.02. The topological polar surface area (TPSA) is 44.1 Å². The van der Waals surface area contributed by atoms with Crippen LogP contribution in [0.2, 0.25) is 0 Å². The van der Waals surface area contributed by atoms with Gasteiger partial charge in [-0.3, -0.25) is 4.79 Å². The first-order valence-electron chi connectivity index (χ1n) is 6.26. The molecule has 0 unspecified atom stereocenters. The van der Waals surface area contributed by atoms with Gasteiger partial charge in [0.2, 0.25) is 0 Å². The first kappa shape index (κ1) is 13.2.